The van der Waals surface area contributed by atoms with E-state index in [9.17, 15) is 24.6 Å². The number of alkyl carbamates (subject to hydrolysis) is 1. The molecule has 0 aromatic heterocycles. The predicted octanol–water partition coefficient (Wildman–Crippen LogP) is 3.28. The normalized spacial score (nSPS) is 22.5. The number of rotatable bonds is 6. The van der Waals surface area contributed by atoms with Gasteiger partial charge in [0, 0.05) is 12.5 Å². The van der Waals surface area contributed by atoms with Crippen LogP contribution in [0.3, 0.4) is 0 Å². The highest BCUT2D eigenvalue weighted by molar-refractivity contribution is 5.83. The lowest BCUT2D eigenvalue weighted by atomic mass is 9.74. The van der Waals surface area contributed by atoms with Crippen LogP contribution in [0.25, 0.3) is 11.1 Å². The number of carboxylic acids is 1. The molecule has 5 rings (SSSR count). The molecule has 1 unspecified atom stereocenters. The smallest absolute Gasteiger partial charge is 0.407 e. The predicted molar refractivity (Wildman–Crippen MR) is 128 cm³/mol. The van der Waals surface area contributed by atoms with E-state index in [0.29, 0.717) is 25.8 Å². The maximum Gasteiger partial charge on any atom is 0.407 e. The lowest BCUT2D eigenvalue weighted by Crippen LogP contribution is -2.59. The fourth-order valence-corrected chi connectivity index (χ4v) is 5.63. The number of carbonyl (C=O) groups is 3. The second kappa shape index (κ2) is 9.00. The van der Waals surface area contributed by atoms with E-state index in [4.69, 9.17) is 4.74 Å². The number of aliphatic hydroxyl groups is 1. The Balaban J connectivity index is 1.21. The second-order valence-electron chi connectivity index (χ2n) is 10.0. The molecular weight excluding hydrogens is 448 g/mol. The third kappa shape index (κ3) is 4.38. The van der Waals surface area contributed by atoms with Gasteiger partial charge in [0.25, 0.3) is 0 Å². The first-order chi connectivity index (χ1) is 16.8. The Morgan fingerprint density at radius 3 is 2.17 bits per heavy atom. The van der Waals surface area contributed by atoms with Gasteiger partial charge in [0.2, 0.25) is 5.91 Å². The summed E-state index contributed by atoms with van der Waals surface area (Å²) in [6, 6.07) is 16.3. The van der Waals surface area contributed by atoms with Crippen molar-refractivity contribution in [3.63, 3.8) is 0 Å². The molecule has 2 aromatic rings. The van der Waals surface area contributed by atoms with Crippen molar-refractivity contribution in [2.75, 3.05) is 19.7 Å². The van der Waals surface area contributed by atoms with E-state index in [0.717, 1.165) is 28.7 Å². The van der Waals surface area contributed by atoms with E-state index in [1.165, 1.54) is 4.90 Å². The molecule has 0 bridgehead atoms. The van der Waals surface area contributed by atoms with Gasteiger partial charge in [-0.15, -0.1) is 0 Å². The first-order valence-corrected chi connectivity index (χ1v) is 12.2. The number of nitrogens with one attached hydrogen (secondary N) is 1. The minimum Gasteiger partial charge on any atom is -0.479 e. The Bertz CT molecular complexity index is 1110. The summed E-state index contributed by atoms with van der Waals surface area (Å²) < 4.78 is 5.67. The third-order valence-electron chi connectivity index (χ3n) is 7.73. The first-order valence-electron chi connectivity index (χ1n) is 12.2. The Kier molecular flexibility index (Phi) is 6.01. The maximum absolute atomic E-state index is 13.0. The molecule has 1 aliphatic heterocycles. The summed E-state index contributed by atoms with van der Waals surface area (Å²) in [5.41, 5.74) is 1.96. The zero-order chi connectivity index (χ0) is 24.6. The zero-order valence-corrected chi connectivity index (χ0v) is 19.5. The second-order valence-corrected chi connectivity index (χ2v) is 10.0. The summed E-state index contributed by atoms with van der Waals surface area (Å²) in [6.07, 6.45) is 2.24. The van der Waals surface area contributed by atoms with Gasteiger partial charge in [-0.2, -0.15) is 0 Å². The number of benzene rings is 2. The van der Waals surface area contributed by atoms with Gasteiger partial charge < -0.3 is 25.2 Å². The summed E-state index contributed by atoms with van der Waals surface area (Å²) in [7, 11) is 0. The summed E-state index contributed by atoms with van der Waals surface area (Å²) in [5, 5.41) is 22.6. The van der Waals surface area contributed by atoms with Crippen LogP contribution in [0.5, 0.6) is 0 Å². The standard InChI is InChI=1S/C27H30N2O6/c30-23(29-14-6-13-27(34,17-29)24(31)32)15-26(11-5-12-26)28-25(33)35-16-22-20-9-3-1-7-18(20)19-8-2-4-10-21(19)22/h1-4,7-10,22,34H,5-6,11-17H2,(H,28,33)(H,31,32). The van der Waals surface area contributed by atoms with Crippen molar-refractivity contribution in [3.8, 4) is 11.1 Å². The van der Waals surface area contributed by atoms with Crippen LogP contribution in [0.1, 0.15) is 55.6 Å². The van der Waals surface area contributed by atoms with Gasteiger partial charge in [0.1, 0.15) is 6.61 Å². The maximum atomic E-state index is 13.0. The highest BCUT2D eigenvalue weighted by atomic mass is 16.5. The number of β-amino-alcohol motifs (C(OH)–C–C–N with tert-alkyl or cyclic N) is 1. The molecule has 3 aliphatic rings. The van der Waals surface area contributed by atoms with Crippen LogP contribution >= 0.6 is 0 Å². The van der Waals surface area contributed by atoms with Crippen LogP contribution in [-0.4, -0.2) is 63.9 Å². The van der Waals surface area contributed by atoms with Crippen LogP contribution in [0.4, 0.5) is 4.79 Å². The van der Waals surface area contributed by atoms with E-state index < -0.39 is 23.2 Å². The van der Waals surface area contributed by atoms with Crippen molar-refractivity contribution in [1.29, 1.82) is 0 Å². The molecule has 184 valence electrons. The van der Waals surface area contributed by atoms with Gasteiger partial charge in [0.15, 0.2) is 5.60 Å². The number of carbonyl (C=O) groups excluding carboxylic acids is 2. The molecule has 2 amide bonds. The van der Waals surface area contributed by atoms with Crippen LogP contribution in [0.15, 0.2) is 48.5 Å². The number of hydrogen-bond acceptors (Lipinski definition) is 5. The molecule has 8 heteroatoms. The molecule has 35 heavy (non-hydrogen) atoms. The van der Waals surface area contributed by atoms with E-state index in [-0.39, 0.29) is 37.8 Å². The average molecular weight is 479 g/mol. The molecule has 8 nitrogen and oxygen atoms in total. The summed E-state index contributed by atoms with van der Waals surface area (Å²) in [4.78, 5) is 38.6. The average Bonchev–Trinajstić information content (AvgIpc) is 3.15. The molecule has 1 heterocycles. The quantitative estimate of drug-likeness (QED) is 0.587. The van der Waals surface area contributed by atoms with Crippen molar-refractivity contribution in [2.45, 2.75) is 55.6 Å². The summed E-state index contributed by atoms with van der Waals surface area (Å²) in [6.45, 7) is 0.360. The molecule has 0 spiro atoms. The van der Waals surface area contributed by atoms with E-state index in [1.54, 1.807) is 0 Å². The number of hydrogen-bond donors (Lipinski definition) is 3. The Hall–Kier alpha value is -3.39. The molecule has 1 atom stereocenters. The monoisotopic (exact) mass is 478 g/mol. The van der Waals surface area contributed by atoms with Gasteiger partial charge in [-0.25, -0.2) is 9.59 Å². The number of ether oxygens (including phenoxy) is 1. The topological polar surface area (TPSA) is 116 Å². The SMILES string of the molecule is O=C(NC1(CC(=O)N2CCCC(O)(C(=O)O)C2)CCC1)OCC1c2ccccc2-c2ccccc21. The summed E-state index contributed by atoms with van der Waals surface area (Å²) >= 11 is 0. The van der Waals surface area contributed by atoms with E-state index in [2.05, 4.69) is 29.6 Å². The number of amides is 2. The molecule has 1 saturated heterocycles. The largest absolute Gasteiger partial charge is 0.479 e. The van der Waals surface area contributed by atoms with Gasteiger partial charge in [-0.3, -0.25) is 4.79 Å². The van der Waals surface area contributed by atoms with Crippen molar-refractivity contribution < 1.29 is 29.3 Å². The molecular formula is C27H30N2O6. The Morgan fingerprint density at radius 2 is 1.60 bits per heavy atom. The molecule has 0 radical (unpaired) electrons. The van der Waals surface area contributed by atoms with Crippen molar-refractivity contribution in [1.82, 2.24) is 10.2 Å². The van der Waals surface area contributed by atoms with Crippen LogP contribution in [0.2, 0.25) is 0 Å². The van der Waals surface area contributed by atoms with Crippen LogP contribution in [-0.2, 0) is 14.3 Å². The lowest BCUT2D eigenvalue weighted by Gasteiger charge is -2.44. The highest BCUT2D eigenvalue weighted by Gasteiger charge is 2.45. The number of aliphatic carboxylic acids is 1. The number of likely N-dealkylation sites (tertiary alicyclic amines) is 1. The van der Waals surface area contributed by atoms with Gasteiger partial charge in [-0.05, 0) is 54.4 Å². The van der Waals surface area contributed by atoms with Gasteiger partial charge >= 0.3 is 12.1 Å². The van der Waals surface area contributed by atoms with Crippen molar-refractivity contribution in [3.05, 3.63) is 59.7 Å². The number of carboxylic acid groups (broad SMARTS) is 1. The number of fused-ring (bicyclic) bond motifs is 3. The third-order valence-corrected chi connectivity index (χ3v) is 7.73. The molecule has 1 saturated carbocycles. The van der Waals surface area contributed by atoms with Gasteiger partial charge in [-0.1, -0.05) is 48.5 Å². The fourth-order valence-electron chi connectivity index (χ4n) is 5.63. The highest BCUT2D eigenvalue weighted by Crippen LogP contribution is 2.44. The van der Waals surface area contributed by atoms with Crippen molar-refractivity contribution in [2.24, 2.45) is 0 Å². The van der Waals surface area contributed by atoms with Crippen LogP contribution in [0, 0.1) is 0 Å². The molecule has 2 aliphatic carbocycles. The van der Waals surface area contributed by atoms with Crippen LogP contribution < -0.4 is 5.32 Å². The number of piperidine rings is 1. The van der Waals surface area contributed by atoms with Gasteiger partial charge in [0.05, 0.1) is 18.5 Å². The molecule has 3 N–H and O–H groups in total. The minimum atomic E-state index is -1.92. The van der Waals surface area contributed by atoms with Crippen molar-refractivity contribution >= 4 is 18.0 Å². The molecule has 2 aromatic carbocycles. The zero-order valence-electron chi connectivity index (χ0n) is 19.5. The molecule has 2 fully saturated rings. The summed E-state index contributed by atoms with van der Waals surface area (Å²) in [5.74, 6) is -1.62. The Labute approximate surface area is 203 Å². The Morgan fingerprint density at radius 1 is 0.971 bits per heavy atom. The number of nitrogens with zero attached hydrogens (tertiary/aromatic N) is 1. The lowest BCUT2D eigenvalue weighted by molar-refractivity contribution is -0.166. The van der Waals surface area contributed by atoms with E-state index in [1.807, 2.05) is 24.3 Å². The first kappa shape index (κ1) is 23.4. The van der Waals surface area contributed by atoms with E-state index >= 15 is 0 Å². The fraction of sp³-hybridized carbons (Fsp3) is 0.444. The minimum absolute atomic E-state index is 0.0471.